The van der Waals surface area contributed by atoms with Crippen molar-refractivity contribution in [1.29, 1.82) is 0 Å². The first-order valence-corrected chi connectivity index (χ1v) is 13.9. The van der Waals surface area contributed by atoms with Crippen molar-refractivity contribution in [1.82, 2.24) is 0 Å². The summed E-state index contributed by atoms with van der Waals surface area (Å²) in [4.78, 5) is 48.1. The summed E-state index contributed by atoms with van der Waals surface area (Å²) in [5.74, 6) is -1.33. The average molecular weight is 611 g/mol. The molecule has 46 heavy (non-hydrogen) atoms. The van der Waals surface area contributed by atoms with E-state index in [4.69, 9.17) is 18.9 Å². The number of ether oxygens (including phenoxy) is 4. The zero-order valence-corrected chi connectivity index (χ0v) is 24.5. The van der Waals surface area contributed by atoms with Crippen molar-refractivity contribution >= 4 is 45.4 Å². The molecule has 0 aliphatic carbocycles. The third-order valence-corrected chi connectivity index (χ3v) is 6.87. The van der Waals surface area contributed by atoms with Gasteiger partial charge in [-0.1, -0.05) is 62.7 Å². The van der Waals surface area contributed by atoms with Crippen LogP contribution in [0.3, 0.4) is 0 Å². The molecule has 0 atom stereocenters. The van der Waals surface area contributed by atoms with Gasteiger partial charge in [0, 0.05) is 35.3 Å². The van der Waals surface area contributed by atoms with Gasteiger partial charge in [-0.2, -0.15) is 0 Å². The molecule has 5 rings (SSSR count). The van der Waals surface area contributed by atoms with Crippen molar-refractivity contribution in [2.45, 2.75) is 0 Å². The Labute approximate surface area is 264 Å². The Hall–Kier alpha value is -6.54. The minimum absolute atomic E-state index is 0.236. The first kappa shape index (κ1) is 30.9. The molecule has 226 valence electrons. The van der Waals surface area contributed by atoms with Crippen LogP contribution in [0.1, 0.15) is 0 Å². The molecule has 5 aromatic carbocycles. The van der Waals surface area contributed by atoms with E-state index in [0.29, 0.717) is 28.0 Å². The molecule has 0 bridgehead atoms. The molecule has 0 amide bonds. The van der Waals surface area contributed by atoms with E-state index in [9.17, 15) is 19.2 Å². The predicted molar refractivity (Wildman–Crippen MR) is 176 cm³/mol. The lowest BCUT2D eigenvalue weighted by Crippen LogP contribution is -2.06. The highest BCUT2D eigenvalue weighted by molar-refractivity contribution is 6.13. The predicted octanol–water partition coefficient (Wildman–Crippen LogP) is 7.69. The number of carbonyl (C=O) groups excluding carboxylic acids is 4. The molecule has 0 unspecified atom stereocenters. The maximum absolute atomic E-state index is 12.5. The summed E-state index contributed by atoms with van der Waals surface area (Å²) in [6, 6.07) is 24.5. The van der Waals surface area contributed by atoms with Gasteiger partial charge in [0.05, 0.1) is 0 Å². The third-order valence-electron chi connectivity index (χ3n) is 6.87. The van der Waals surface area contributed by atoms with Gasteiger partial charge in [0.15, 0.2) is 0 Å². The van der Waals surface area contributed by atoms with Gasteiger partial charge in [-0.05, 0) is 81.4 Å². The highest BCUT2D eigenvalue weighted by Gasteiger charge is 2.18. The molecular weight excluding hydrogens is 584 g/mol. The molecule has 0 spiro atoms. The van der Waals surface area contributed by atoms with Gasteiger partial charge in [0.1, 0.15) is 23.0 Å². The molecule has 0 fully saturated rings. The number of esters is 4. The van der Waals surface area contributed by atoms with Crippen LogP contribution in [0, 0.1) is 0 Å². The Kier molecular flexibility index (Phi) is 9.00. The van der Waals surface area contributed by atoms with E-state index >= 15 is 0 Å². The third kappa shape index (κ3) is 6.66. The van der Waals surface area contributed by atoms with Crippen LogP contribution in [-0.4, -0.2) is 23.9 Å². The van der Waals surface area contributed by atoms with Gasteiger partial charge in [-0.3, -0.25) is 0 Å². The zero-order chi connectivity index (χ0) is 32.8. The quantitative estimate of drug-likeness (QED) is 0.0686. The van der Waals surface area contributed by atoms with E-state index in [1.807, 2.05) is 24.3 Å². The first-order chi connectivity index (χ1) is 22.2. The fourth-order valence-corrected chi connectivity index (χ4v) is 4.80. The minimum atomic E-state index is -0.664. The monoisotopic (exact) mass is 610 g/mol. The molecular formula is C38H26O8. The van der Waals surface area contributed by atoms with Crippen LogP contribution >= 0.6 is 0 Å². The lowest BCUT2D eigenvalue weighted by Gasteiger charge is -2.16. The maximum Gasteiger partial charge on any atom is 0.335 e. The van der Waals surface area contributed by atoms with Crippen molar-refractivity contribution in [2.24, 2.45) is 0 Å². The Balaban J connectivity index is 1.64. The van der Waals surface area contributed by atoms with Gasteiger partial charge in [0.2, 0.25) is 0 Å². The van der Waals surface area contributed by atoms with E-state index in [0.717, 1.165) is 51.6 Å². The smallest absolute Gasteiger partial charge is 0.335 e. The molecule has 0 saturated heterocycles. The second-order valence-corrected chi connectivity index (χ2v) is 9.76. The summed E-state index contributed by atoms with van der Waals surface area (Å²) in [6.07, 6.45) is 4.27. The molecule has 0 aliphatic rings. The van der Waals surface area contributed by atoms with Crippen LogP contribution in [0.15, 0.2) is 136 Å². The molecule has 0 aromatic heterocycles. The molecule has 8 nitrogen and oxygen atoms in total. The molecule has 0 saturated carbocycles. The highest BCUT2D eigenvalue weighted by atomic mass is 16.5. The summed E-state index contributed by atoms with van der Waals surface area (Å²) in [5, 5.41) is 2.84. The Morgan fingerprint density at radius 2 is 0.978 bits per heavy atom. The lowest BCUT2D eigenvalue weighted by atomic mass is 9.94. The maximum atomic E-state index is 12.5. The van der Waals surface area contributed by atoms with Crippen molar-refractivity contribution in [3.8, 4) is 45.3 Å². The first-order valence-electron chi connectivity index (χ1n) is 13.9. The van der Waals surface area contributed by atoms with Crippen molar-refractivity contribution < 1.29 is 38.1 Å². The van der Waals surface area contributed by atoms with Crippen molar-refractivity contribution in [3.05, 3.63) is 136 Å². The number of hydrogen-bond donors (Lipinski definition) is 0. The fourth-order valence-electron chi connectivity index (χ4n) is 4.80. The normalized spacial score (nSPS) is 10.4. The van der Waals surface area contributed by atoms with E-state index in [2.05, 4.69) is 26.3 Å². The Bertz CT molecular complexity index is 2090. The van der Waals surface area contributed by atoms with Crippen LogP contribution < -0.4 is 18.9 Å². The number of carbonyl (C=O) groups is 4. The largest absolute Gasteiger partial charge is 0.423 e. The minimum Gasteiger partial charge on any atom is -0.423 e. The van der Waals surface area contributed by atoms with Crippen LogP contribution in [0.4, 0.5) is 0 Å². The molecule has 0 heterocycles. The van der Waals surface area contributed by atoms with Crippen molar-refractivity contribution in [3.63, 3.8) is 0 Å². The van der Waals surface area contributed by atoms with Crippen LogP contribution in [0.5, 0.6) is 23.0 Å². The number of hydrogen-bond acceptors (Lipinski definition) is 8. The van der Waals surface area contributed by atoms with Crippen molar-refractivity contribution in [2.75, 3.05) is 0 Å². The highest BCUT2D eigenvalue weighted by Crippen LogP contribution is 2.42. The lowest BCUT2D eigenvalue weighted by molar-refractivity contribution is -0.129. The van der Waals surface area contributed by atoms with E-state index in [-0.39, 0.29) is 11.5 Å². The Morgan fingerprint density at radius 3 is 1.63 bits per heavy atom. The number of benzene rings is 5. The molecule has 0 aliphatic heterocycles. The summed E-state index contributed by atoms with van der Waals surface area (Å²) in [7, 11) is 0. The molecule has 0 radical (unpaired) electrons. The Morgan fingerprint density at radius 1 is 0.457 bits per heavy atom. The van der Waals surface area contributed by atoms with E-state index < -0.39 is 23.9 Å². The van der Waals surface area contributed by atoms with Gasteiger partial charge in [0.25, 0.3) is 0 Å². The fraction of sp³-hybridized carbons (Fsp3) is 0. The summed E-state index contributed by atoms with van der Waals surface area (Å²) in [6.45, 7) is 13.8. The molecule has 0 N–H and O–H groups in total. The summed E-state index contributed by atoms with van der Waals surface area (Å²) < 4.78 is 21.8. The van der Waals surface area contributed by atoms with Crippen LogP contribution in [0.25, 0.3) is 43.8 Å². The van der Waals surface area contributed by atoms with Gasteiger partial charge in [-0.25, -0.2) is 19.2 Å². The standard InChI is InChI=1S/C38H26O8/c1-5-34(39)43-28-14-11-23(12-15-28)24-13-17-30(32(21-24)45-36(41)7-3)27-19-26-10-9-25-20-29(44-35(40)6-2)16-18-31(25)38(26)33(22-27)46-37(42)8-4/h5-22H,1-4H2. The van der Waals surface area contributed by atoms with E-state index in [1.165, 1.54) is 0 Å². The second-order valence-electron chi connectivity index (χ2n) is 9.76. The van der Waals surface area contributed by atoms with E-state index in [1.54, 1.807) is 60.7 Å². The second kappa shape index (κ2) is 13.4. The number of fused-ring (bicyclic) bond motifs is 3. The SMILES string of the molecule is C=CC(=O)Oc1ccc(-c2ccc(-c3cc(OC(=O)C=C)c4c(ccc5cc(OC(=O)C=C)ccc54)c3)c(OC(=O)C=C)c2)cc1. The topological polar surface area (TPSA) is 105 Å². The van der Waals surface area contributed by atoms with Gasteiger partial charge in [-0.15, -0.1) is 0 Å². The van der Waals surface area contributed by atoms with Gasteiger partial charge < -0.3 is 18.9 Å². The van der Waals surface area contributed by atoms with Gasteiger partial charge >= 0.3 is 23.9 Å². The van der Waals surface area contributed by atoms with Crippen LogP contribution in [0.2, 0.25) is 0 Å². The average Bonchev–Trinajstić information content (AvgIpc) is 3.07. The number of rotatable bonds is 10. The molecule has 8 heteroatoms. The molecule has 5 aromatic rings. The van der Waals surface area contributed by atoms with Crippen LogP contribution in [-0.2, 0) is 19.2 Å². The summed E-state index contributed by atoms with van der Waals surface area (Å²) in [5.41, 5.74) is 2.63. The summed E-state index contributed by atoms with van der Waals surface area (Å²) >= 11 is 0. The zero-order valence-electron chi connectivity index (χ0n) is 24.5.